The van der Waals surface area contributed by atoms with Gasteiger partial charge in [-0.2, -0.15) is 0 Å². The summed E-state index contributed by atoms with van der Waals surface area (Å²) in [5, 5.41) is 8.76. The highest BCUT2D eigenvalue weighted by atomic mass is 79.9. The molecule has 0 radical (unpaired) electrons. The Morgan fingerprint density at radius 2 is 2.33 bits per heavy atom. The summed E-state index contributed by atoms with van der Waals surface area (Å²) in [4.78, 5) is 14.1. The van der Waals surface area contributed by atoms with Gasteiger partial charge in [0.1, 0.15) is 9.76 Å². The lowest BCUT2D eigenvalue weighted by molar-refractivity contribution is -0.136. The lowest BCUT2D eigenvalue weighted by atomic mass is 10.2. The Hall–Kier alpha value is -0.610. The van der Waals surface area contributed by atoms with Crippen LogP contribution in [0, 0.1) is 0 Å². The Balaban J connectivity index is 2.93. The maximum atomic E-state index is 10.3. The third-order valence-corrected chi connectivity index (χ3v) is 1.78. The van der Waals surface area contributed by atoms with Gasteiger partial charge in [0.25, 0.3) is 0 Å². The zero-order valence-electron chi connectivity index (χ0n) is 5.92. The van der Waals surface area contributed by atoms with Crippen LogP contribution in [0.1, 0.15) is 5.56 Å². The minimum absolute atomic E-state index is 0.0408. The molecule has 0 aromatic carbocycles. The fourth-order valence-corrected chi connectivity index (χ4v) is 1.61. The first kappa shape index (κ1) is 9.48. The van der Waals surface area contributed by atoms with Crippen molar-refractivity contribution in [3.63, 3.8) is 0 Å². The number of aromatic nitrogens is 1. The lowest BCUT2D eigenvalue weighted by Crippen LogP contribution is -2.00. The van der Waals surface area contributed by atoms with Gasteiger partial charge in [0.2, 0.25) is 0 Å². The van der Waals surface area contributed by atoms with Crippen molar-refractivity contribution in [1.82, 2.24) is 4.98 Å². The van der Waals surface area contributed by atoms with E-state index in [1.165, 1.54) is 6.07 Å². The second-order valence-corrected chi connectivity index (χ2v) is 3.39. The smallest absolute Gasteiger partial charge is 0.307 e. The van der Waals surface area contributed by atoms with E-state index in [-0.39, 0.29) is 6.42 Å². The summed E-state index contributed by atoms with van der Waals surface area (Å²) in [6.45, 7) is 0. The molecule has 64 valence electrons. The van der Waals surface area contributed by atoms with Gasteiger partial charge in [-0.1, -0.05) is 11.6 Å². The van der Waals surface area contributed by atoms with Crippen molar-refractivity contribution >= 4 is 33.5 Å². The van der Waals surface area contributed by atoms with Gasteiger partial charge in [0, 0.05) is 0 Å². The second kappa shape index (κ2) is 3.87. The van der Waals surface area contributed by atoms with Crippen molar-refractivity contribution in [3.05, 3.63) is 27.5 Å². The minimum atomic E-state index is -0.885. The van der Waals surface area contributed by atoms with Gasteiger partial charge in [0.15, 0.2) is 0 Å². The first-order valence-corrected chi connectivity index (χ1v) is 4.29. The van der Waals surface area contributed by atoms with Crippen molar-refractivity contribution in [2.45, 2.75) is 6.42 Å². The third kappa shape index (κ3) is 2.79. The topological polar surface area (TPSA) is 50.2 Å². The van der Waals surface area contributed by atoms with Gasteiger partial charge in [-0.3, -0.25) is 4.79 Å². The zero-order chi connectivity index (χ0) is 9.14. The van der Waals surface area contributed by atoms with E-state index in [2.05, 4.69) is 20.9 Å². The summed E-state index contributed by atoms with van der Waals surface area (Å²) in [6, 6.07) is 3.15. The van der Waals surface area contributed by atoms with E-state index in [4.69, 9.17) is 16.7 Å². The summed E-state index contributed by atoms with van der Waals surface area (Å²) < 4.78 is 0.547. The second-order valence-electron chi connectivity index (χ2n) is 2.19. The predicted molar refractivity (Wildman–Crippen MR) is 48.3 cm³/mol. The molecule has 0 aliphatic carbocycles. The molecular formula is C7H5BrClNO2. The normalized spacial score (nSPS) is 9.83. The number of hydrogen-bond acceptors (Lipinski definition) is 2. The van der Waals surface area contributed by atoms with Gasteiger partial charge in [-0.05, 0) is 33.6 Å². The Labute approximate surface area is 82.5 Å². The SMILES string of the molecule is O=C(O)Cc1cc(Cl)nc(Br)c1. The average molecular weight is 250 g/mol. The van der Waals surface area contributed by atoms with Crippen LogP contribution in [0.3, 0.4) is 0 Å². The largest absolute Gasteiger partial charge is 0.481 e. The van der Waals surface area contributed by atoms with Crippen LogP contribution in [0.25, 0.3) is 0 Å². The van der Waals surface area contributed by atoms with E-state index in [0.29, 0.717) is 15.3 Å². The van der Waals surface area contributed by atoms with Crippen LogP contribution in [0.5, 0.6) is 0 Å². The molecule has 0 saturated carbocycles. The lowest BCUT2D eigenvalue weighted by Gasteiger charge is -1.98. The molecule has 0 bridgehead atoms. The van der Waals surface area contributed by atoms with Crippen molar-refractivity contribution in [2.24, 2.45) is 0 Å². The zero-order valence-corrected chi connectivity index (χ0v) is 8.26. The maximum Gasteiger partial charge on any atom is 0.307 e. The summed E-state index contributed by atoms with van der Waals surface area (Å²) in [5.74, 6) is -0.885. The van der Waals surface area contributed by atoms with Gasteiger partial charge in [0.05, 0.1) is 6.42 Å². The quantitative estimate of drug-likeness (QED) is 0.818. The Morgan fingerprint density at radius 1 is 1.67 bits per heavy atom. The Morgan fingerprint density at radius 3 is 2.83 bits per heavy atom. The predicted octanol–water partition coefficient (Wildman–Crippen LogP) is 2.12. The Bertz CT molecular complexity index is 296. The molecule has 0 saturated heterocycles. The van der Waals surface area contributed by atoms with Gasteiger partial charge in [-0.25, -0.2) is 4.98 Å². The number of carboxylic acids is 1. The first-order valence-electron chi connectivity index (χ1n) is 3.11. The van der Waals surface area contributed by atoms with Crippen LogP contribution in [-0.2, 0) is 11.2 Å². The molecule has 1 aromatic rings. The summed E-state index contributed by atoms with van der Waals surface area (Å²) in [7, 11) is 0. The number of carboxylic acid groups (broad SMARTS) is 1. The fraction of sp³-hybridized carbons (Fsp3) is 0.143. The number of halogens is 2. The number of aliphatic carboxylic acids is 1. The molecule has 3 nitrogen and oxygen atoms in total. The van der Waals surface area contributed by atoms with Crippen LogP contribution in [0.4, 0.5) is 0 Å². The molecular weight excluding hydrogens is 245 g/mol. The molecule has 0 aliphatic heterocycles. The Kier molecular flexibility index (Phi) is 3.05. The molecule has 1 N–H and O–H groups in total. The molecule has 0 spiro atoms. The molecule has 12 heavy (non-hydrogen) atoms. The van der Waals surface area contributed by atoms with Gasteiger partial charge < -0.3 is 5.11 Å². The van der Waals surface area contributed by atoms with Gasteiger partial charge >= 0.3 is 5.97 Å². The molecule has 0 unspecified atom stereocenters. The number of pyridine rings is 1. The van der Waals surface area contributed by atoms with Gasteiger partial charge in [-0.15, -0.1) is 0 Å². The van der Waals surface area contributed by atoms with E-state index in [9.17, 15) is 4.79 Å². The maximum absolute atomic E-state index is 10.3. The highest BCUT2D eigenvalue weighted by molar-refractivity contribution is 9.10. The molecule has 0 atom stereocenters. The molecule has 5 heteroatoms. The average Bonchev–Trinajstić information content (AvgIpc) is 1.81. The summed E-state index contributed by atoms with van der Waals surface area (Å²) in [5.41, 5.74) is 0.634. The molecule has 0 amide bonds. The van der Waals surface area contributed by atoms with E-state index in [0.717, 1.165) is 0 Å². The van der Waals surface area contributed by atoms with Crippen molar-refractivity contribution in [3.8, 4) is 0 Å². The number of hydrogen-bond donors (Lipinski definition) is 1. The molecule has 1 rings (SSSR count). The molecule has 0 fully saturated rings. The van der Waals surface area contributed by atoms with Crippen LogP contribution in [0.2, 0.25) is 5.15 Å². The molecule has 0 aliphatic rings. The first-order chi connectivity index (χ1) is 5.58. The standard InChI is InChI=1S/C7H5BrClNO2/c8-5-1-4(3-7(11)12)2-6(9)10-5/h1-2H,3H2,(H,11,12). The minimum Gasteiger partial charge on any atom is -0.481 e. The van der Waals surface area contributed by atoms with Crippen molar-refractivity contribution in [1.29, 1.82) is 0 Å². The highest BCUT2D eigenvalue weighted by Crippen LogP contribution is 2.15. The summed E-state index contributed by atoms with van der Waals surface area (Å²) >= 11 is 8.71. The van der Waals surface area contributed by atoms with Crippen LogP contribution in [-0.4, -0.2) is 16.1 Å². The van der Waals surface area contributed by atoms with E-state index < -0.39 is 5.97 Å². The van der Waals surface area contributed by atoms with E-state index in [1.807, 2.05) is 0 Å². The molecule has 1 aromatic heterocycles. The number of carbonyl (C=O) groups is 1. The molecule has 1 heterocycles. The fourth-order valence-electron chi connectivity index (χ4n) is 0.791. The number of nitrogens with zero attached hydrogens (tertiary/aromatic N) is 1. The van der Waals surface area contributed by atoms with Crippen LogP contribution in [0.15, 0.2) is 16.7 Å². The third-order valence-electron chi connectivity index (χ3n) is 1.18. The van der Waals surface area contributed by atoms with Crippen molar-refractivity contribution in [2.75, 3.05) is 0 Å². The summed E-state index contributed by atoms with van der Waals surface area (Å²) in [6.07, 6.45) is -0.0408. The van der Waals surface area contributed by atoms with Crippen molar-refractivity contribution < 1.29 is 9.90 Å². The monoisotopic (exact) mass is 249 g/mol. The van der Waals surface area contributed by atoms with E-state index in [1.54, 1.807) is 6.07 Å². The highest BCUT2D eigenvalue weighted by Gasteiger charge is 2.03. The van der Waals surface area contributed by atoms with Crippen LogP contribution < -0.4 is 0 Å². The van der Waals surface area contributed by atoms with Crippen LogP contribution >= 0.6 is 27.5 Å². The number of rotatable bonds is 2. The van der Waals surface area contributed by atoms with E-state index >= 15 is 0 Å².